The summed E-state index contributed by atoms with van der Waals surface area (Å²) >= 11 is 0. The monoisotopic (exact) mass is 357 g/mol. The van der Waals surface area contributed by atoms with Gasteiger partial charge in [0, 0.05) is 5.41 Å². The second-order valence-electron chi connectivity index (χ2n) is 7.40. The standard InChI is InChI=1S/C20H23NO3S/c1-14(19-21-12-18(24-19)20(2,3)4)25(22,23)13-16-10-7-9-15-8-5-6-11-17(15)16/h5-12,14H,13H2,1-4H3/t14-/m1/s1. The third kappa shape index (κ3) is 3.61. The maximum Gasteiger partial charge on any atom is 0.212 e. The van der Waals surface area contributed by atoms with E-state index in [2.05, 4.69) is 4.98 Å². The number of fused-ring (bicyclic) bond motifs is 1. The van der Waals surface area contributed by atoms with Crippen LogP contribution in [-0.4, -0.2) is 13.4 Å². The summed E-state index contributed by atoms with van der Waals surface area (Å²) in [7, 11) is -3.45. The Bertz CT molecular complexity index is 992. The zero-order valence-electron chi connectivity index (χ0n) is 15.0. The van der Waals surface area contributed by atoms with Crippen molar-refractivity contribution in [2.45, 2.75) is 44.1 Å². The number of hydrogen-bond donors (Lipinski definition) is 0. The van der Waals surface area contributed by atoms with Gasteiger partial charge >= 0.3 is 0 Å². The highest BCUT2D eigenvalue weighted by molar-refractivity contribution is 7.90. The maximum atomic E-state index is 12.9. The van der Waals surface area contributed by atoms with E-state index in [0.29, 0.717) is 5.76 Å². The number of nitrogens with zero attached hydrogens (tertiary/aromatic N) is 1. The fourth-order valence-electron chi connectivity index (χ4n) is 2.74. The van der Waals surface area contributed by atoms with Crippen LogP contribution in [0.3, 0.4) is 0 Å². The van der Waals surface area contributed by atoms with Crippen LogP contribution >= 0.6 is 0 Å². The molecule has 0 saturated heterocycles. The molecule has 3 aromatic rings. The summed E-state index contributed by atoms with van der Waals surface area (Å²) < 4.78 is 31.5. The van der Waals surface area contributed by atoms with Crippen molar-refractivity contribution >= 4 is 20.6 Å². The van der Waals surface area contributed by atoms with Crippen molar-refractivity contribution < 1.29 is 12.8 Å². The van der Waals surface area contributed by atoms with Gasteiger partial charge in [-0.05, 0) is 23.3 Å². The Balaban J connectivity index is 1.92. The van der Waals surface area contributed by atoms with Crippen LogP contribution in [0.5, 0.6) is 0 Å². The van der Waals surface area contributed by atoms with E-state index >= 15 is 0 Å². The fraction of sp³-hybridized carbons (Fsp3) is 0.350. The number of oxazole rings is 1. The predicted molar refractivity (Wildman–Crippen MR) is 100 cm³/mol. The van der Waals surface area contributed by atoms with Gasteiger partial charge in [0.25, 0.3) is 0 Å². The topological polar surface area (TPSA) is 60.2 Å². The summed E-state index contributed by atoms with van der Waals surface area (Å²) in [6.45, 7) is 7.66. The third-order valence-electron chi connectivity index (χ3n) is 4.39. The Kier molecular flexibility index (Phi) is 4.45. The summed E-state index contributed by atoms with van der Waals surface area (Å²) in [4.78, 5) is 4.21. The molecule has 1 atom stereocenters. The van der Waals surface area contributed by atoms with Gasteiger partial charge in [0.2, 0.25) is 5.89 Å². The second-order valence-corrected chi connectivity index (χ2v) is 9.72. The lowest BCUT2D eigenvalue weighted by molar-refractivity contribution is 0.380. The van der Waals surface area contributed by atoms with Crippen LogP contribution < -0.4 is 0 Å². The quantitative estimate of drug-likeness (QED) is 0.673. The highest BCUT2D eigenvalue weighted by atomic mass is 32.2. The normalized spacial score (nSPS) is 13.9. The van der Waals surface area contributed by atoms with Crippen LogP contribution in [0.2, 0.25) is 0 Å². The Hall–Kier alpha value is -2.14. The number of benzene rings is 2. The molecule has 2 aromatic carbocycles. The van der Waals surface area contributed by atoms with Crippen molar-refractivity contribution in [3.05, 3.63) is 65.9 Å². The van der Waals surface area contributed by atoms with Crippen LogP contribution in [-0.2, 0) is 21.0 Å². The highest BCUT2D eigenvalue weighted by Gasteiger charge is 2.29. The van der Waals surface area contributed by atoms with Crippen molar-refractivity contribution in [1.82, 2.24) is 4.98 Å². The SMILES string of the molecule is C[C@H](c1ncc(C(C)(C)C)o1)S(=O)(=O)Cc1cccc2ccccc12. The van der Waals surface area contributed by atoms with Crippen LogP contribution in [0.25, 0.3) is 10.8 Å². The Morgan fingerprint density at radius 2 is 1.76 bits per heavy atom. The van der Waals surface area contributed by atoms with Crippen molar-refractivity contribution in [3.63, 3.8) is 0 Å². The number of hydrogen-bond acceptors (Lipinski definition) is 4. The van der Waals surface area contributed by atoms with Gasteiger partial charge in [-0.3, -0.25) is 0 Å². The molecule has 0 unspecified atom stereocenters. The van der Waals surface area contributed by atoms with Crippen LogP contribution in [0.4, 0.5) is 0 Å². The molecular weight excluding hydrogens is 334 g/mol. The van der Waals surface area contributed by atoms with E-state index in [9.17, 15) is 8.42 Å². The van der Waals surface area contributed by atoms with Gasteiger partial charge < -0.3 is 4.42 Å². The first kappa shape index (κ1) is 17.7. The Morgan fingerprint density at radius 1 is 1.08 bits per heavy atom. The van der Waals surface area contributed by atoms with E-state index in [1.54, 1.807) is 13.1 Å². The molecule has 0 bridgehead atoms. The molecule has 0 radical (unpaired) electrons. The predicted octanol–water partition coefficient (Wildman–Crippen LogP) is 4.80. The molecule has 1 heterocycles. The lowest BCUT2D eigenvalue weighted by Crippen LogP contribution is -2.14. The number of aromatic nitrogens is 1. The van der Waals surface area contributed by atoms with Gasteiger partial charge in [0.15, 0.2) is 9.84 Å². The van der Waals surface area contributed by atoms with Gasteiger partial charge in [-0.2, -0.15) is 0 Å². The Labute approximate surface area is 148 Å². The van der Waals surface area contributed by atoms with E-state index < -0.39 is 15.1 Å². The molecule has 0 fully saturated rings. The first-order chi connectivity index (χ1) is 11.7. The smallest absolute Gasteiger partial charge is 0.212 e. The summed E-state index contributed by atoms with van der Waals surface area (Å²) in [5.74, 6) is 0.905. The van der Waals surface area contributed by atoms with Gasteiger partial charge in [0.05, 0.1) is 11.9 Å². The van der Waals surface area contributed by atoms with E-state index in [4.69, 9.17) is 4.42 Å². The minimum atomic E-state index is -3.45. The molecular formula is C20H23NO3S. The van der Waals surface area contributed by atoms with E-state index in [1.165, 1.54) is 0 Å². The lowest BCUT2D eigenvalue weighted by Gasteiger charge is -2.14. The largest absolute Gasteiger partial charge is 0.444 e. The molecule has 0 aliphatic carbocycles. The molecule has 25 heavy (non-hydrogen) atoms. The van der Waals surface area contributed by atoms with E-state index in [0.717, 1.165) is 16.3 Å². The van der Waals surface area contributed by atoms with Crippen LogP contribution in [0, 0.1) is 0 Å². The van der Waals surface area contributed by atoms with Crippen molar-refractivity contribution in [2.24, 2.45) is 0 Å². The Morgan fingerprint density at radius 3 is 2.44 bits per heavy atom. The average Bonchev–Trinajstić information content (AvgIpc) is 3.04. The van der Waals surface area contributed by atoms with Crippen molar-refractivity contribution in [3.8, 4) is 0 Å². The molecule has 3 rings (SSSR count). The molecule has 0 aliphatic rings. The first-order valence-corrected chi connectivity index (χ1v) is 10.0. The molecule has 0 N–H and O–H groups in total. The summed E-state index contributed by atoms with van der Waals surface area (Å²) in [5.41, 5.74) is 0.595. The van der Waals surface area contributed by atoms with Crippen LogP contribution in [0.1, 0.15) is 50.2 Å². The molecule has 132 valence electrons. The van der Waals surface area contributed by atoms with Gasteiger partial charge in [0.1, 0.15) is 11.0 Å². The van der Waals surface area contributed by atoms with E-state index in [-0.39, 0.29) is 17.1 Å². The molecule has 5 heteroatoms. The minimum Gasteiger partial charge on any atom is -0.444 e. The molecule has 4 nitrogen and oxygen atoms in total. The van der Waals surface area contributed by atoms with Gasteiger partial charge in [-0.1, -0.05) is 63.2 Å². The maximum absolute atomic E-state index is 12.9. The lowest BCUT2D eigenvalue weighted by atomic mass is 9.94. The molecule has 0 aliphatic heterocycles. The fourth-order valence-corrected chi connectivity index (χ4v) is 4.09. The van der Waals surface area contributed by atoms with Gasteiger partial charge in [-0.15, -0.1) is 0 Å². The average molecular weight is 357 g/mol. The summed E-state index contributed by atoms with van der Waals surface area (Å²) in [6.07, 6.45) is 1.62. The van der Waals surface area contributed by atoms with Crippen LogP contribution in [0.15, 0.2) is 53.1 Å². The minimum absolute atomic E-state index is 0.0389. The number of sulfone groups is 1. The second kappa shape index (κ2) is 6.30. The zero-order valence-corrected chi connectivity index (χ0v) is 15.8. The molecule has 0 amide bonds. The summed E-state index contributed by atoms with van der Waals surface area (Å²) in [5, 5.41) is 1.21. The third-order valence-corrected chi connectivity index (χ3v) is 6.38. The highest BCUT2D eigenvalue weighted by Crippen LogP contribution is 2.30. The van der Waals surface area contributed by atoms with Crippen molar-refractivity contribution in [1.29, 1.82) is 0 Å². The van der Waals surface area contributed by atoms with Gasteiger partial charge in [-0.25, -0.2) is 13.4 Å². The molecule has 0 spiro atoms. The van der Waals surface area contributed by atoms with Crippen molar-refractivity contribution in [2.75, 3.05) is 0 Å². The zero-order chi connectivity index (χ0) is 18.2. The van der Waals surface area contributed by atoms with E-state index in [1.807, 2.05) is 63.2 Å². The summed E-state index contributed by atoms with van der Waals surface area (Å²) in [6, 6.07) is 13.5. The molecule has 1 aromatic heterocycles. The molecule has 0 saturated carbocycles. The first-order valence-electron chi connectivity index (χ1n) is 8.33. The number of rotatable bonds is 4.